The van der Waals surface area contributed by atoms with E-state index in [2.05, 4.69) is 0 Å². The van der Waals surface area contributed by atoms with Crippen molar-refractivity contribution in [2.45, 2.75) is 30.7 Å². The molecule has 0 radical (unpaired) electrons. The fourth-order valence-electron chi connectivity index (χ4n) is 2.03. The molecule has 1 aromatic carbocycles. The molecule has 23 heavy (non-hydrogen) atoms. The van der Waals surface area contributed by atoms with E-state index in [1.807, 2.05) is 0 Å². The summed E-state index contributed by atoms with van der Waals surface area (Å²) in [6, 6.07) is 1.70. The molecule has 1 saturated heterocycles. The number of rotatable bonds is 3. The van der Waals surface area contributed by atoms with Gasteiger partial charge in [0.25, 0.3) is 0 Å². The number of hydrogen-bond acceptors (Lipinski definition) is 10. The van der Waals surface area contributed by atoms with Crippen LogP contribution in [0, 0.1) is 0 Å². The first-order valence-electron chi connectivity index (χ1n) is 6.52. The lowest BCUT2D eigenvalue weighted by Gasteiger charge is -2.37. The Morgan fingerprint density at radius 3 is 2.13 bits per heavy atom. The maximum atomic E-state index is 11.8. The Hall–Kier alpha value is -2.11. The molecule has 128 valence electrons. The minimum absolute atomic E-state index is 0.288. The summed E-state index contributed by atoms with van der Waals surface area (Å²) >= 11 is 0. The predicted molar refractivity (Wildman–Crippen MR) is 70.6 cm³/mol. The van der Waals surface area contributed by atoms with Crippen LogP contribution in [0.1, 0.15) is 10.4 Å². The Balaban J connectivity index is 2.02. The molecule has 10 nitrogen and oxygen atoms in total. The van der Waals surface area contributed by atoms with Gasteiger partial charge in [-0.05, 0) is 12.1 Å². The molecule has 1 aliphatic heterocycles. The molecule has 0 saturated carbocycles. The van der Waals surface area contributed by atoms with Crippen molar-refractivity contribution < 1.29 is 50.0 Å². The highest BCUT2D eigenvalue weighted by Gasteiger charge is 2.43. The van der Waals surface area contributed by atoms with Crippen LogP contribution >= 0.6 is 0 Å². The van der Waals surface area contributed by atoms with Crippen LogP contribution in [-0.4, -0.2) is 79.0 Å². The van der Waals surface area contributed by atoms with Gasteiger partial charge >= 0.3 is 5.97 Å². The van der Waals surface area contributed by atoms with E-state index < -0.39 is 60.5 Å². The van der Waals surface area contributed by atoms with E-state index >= 15 is 0 Å². The van der Waals surface area contributed by atoms with Crippen LogP contribution in [0.25, 0.3) is 0 Å². The Morgan fingerprint density at radius 1 is 1.00 bits per heavy atom. The number of aliphatic hydroxyl groups excluding tert-OH is 4. The van der Waals surface area contributed by atoms with E-state index in [1.165, 1.54) is 0 Å². The van der Waals surface area contributed by atoms with Crippen LogP contribution < -0.4 is 0 Å². The van der Waals surface area contributed by atoms with Crippen molar-refractivity contribution in [2.24, 2.45) is 0 Å². The molecule has 0 aromatic heterocycles. The molecule has 5 atom stereocenters. The first-order chi connectivity index (χ1) is 10.7. The van der Waals surface area contributed by atoms with E-state index in [0.29, 0.717) is 0 Å². The van der Waals surface area contributed by atoms with Crippen molar-refractivity contribution in [2.75, 3.05) is 6.61 Å². The zero-order chi connectivity index (χ0) is 17.3. The second-order valence-corrected chi connectivity index (χ2v) is 5.00. The summed E-state index contributed by atoms with van der Waals surface area (Å²) in [6.07, 6.45) is -8.07. The van der Waals surface area contributed by atoms with Gasteiger partial charge in [-0.2, -0.15) is 0 Å². The van der Waals surface area contributed by atoms with Gasteiger partial charge in [-0.1, -0.05) is 0 Å². The summed E-state index contributed by atoms with van der Waals surface area (Å²) in [5.41, 5.74) is -0.288. The van der Waals surface area contributed by atoms with Gasteiger partial charge in [-0.25, -0.2) is 4.79 Å². The van der Waals surface area contributed by atoms with Gasteiger partial charge in [0.1, 0.15) is 31.0 Å². The normalized spacial score (nSPS) is 30.9. The van der Waals surface area contributed by atoms with Crippen molar-refractivity contribution in [3.63, 3.8) is 0 Å². The second kappa shape index (κ2) is 6.56. The molecular weight excluding hydrogens is 316 g/mol. The Bertz CT molecular complexity index is 565. The highest BCUT2D eigenvalue weighted by atomic mass is 16.6. The van der Waals surface area contributed by atoms with Crippen molar-refractivity contribution in [3.8, 4) is 17.2 Å². The number of carbonyl (C=O) groups excluding carboxylic acids is 1. The molecule has 0 spiro atoms. The molecule has 2 unspecified atom stereocenters. The molecule has 1 fully saturated rings. The highest BCUT2D eigenvalue weighted by Crippen LogP contribution is 2.35. The summed E-state index contributed by atoms with van der Waals surface area (Å²) in [6.45, 7) is -0.580. The van der Waals surface area contributed by atoms with Crippen molar-refractivity contribution in [3.05, 3.63) is 17.7 Å². The summed E-state index contributed by atoms with van der Waals surface area (Å²) in [5, 5.41) is 65.6. The summed E-state index contributed by atoms with van der Waals surface area (Å²) in [4.78, 5) is 11.8. The van der Waals surface area contributed by atoms with Crippen LogP contribution in [0.3, 0.4) is 0 Å². The molecular formula is C13H16O10. The van der Waals surface area contributed by atoms with E-state index in [0.717, 1.165) is 12.1 Å². The fourth-order valence-corrected chi connectivity index (χ4v) is 2.03. The lowest BCUT2D eigenvalue weighted by molar-refractivity contribution is -0.286. The quantitative estimate of drug-likeness (QED) is 0.236. The van der Waals surface area contributed by atoms with Gasteiger partial charge in [0.05, 0.1) is 5.56 Å². The maximum absolute atomic E-state index is 11.8. The second-order valence-electron chi connectivity index (χ2n) is 5.00. The maximum Gasteiger partial charge on any atom is 0.338 e. The van der Waals surface area contributed by atoms with E-state index in [4.69, 9.17) is 9.47 Å². The SMILES string of the molecule is O=C(OCC1O[C@H](O)[C@H](O)C(O)[C@@H]1O)c1cc(O)c(O)c(O)c1. The van der Waals surface area contributed by atoms with Gasteiger partial charge in [-0.15, -0.1) is 0 Å². The van der Waals surface area contributed by atoms with Crippen LogP contribution in [0.4, 0.5) is 0 Å². The van der Waals surface area contributed by atoms with Gasteiger partial charge in [-0.3, -0.25) is 0 Å². The van der Waals surface area contributed by atoms with Crippen molar-refractivity contribution in [1.82, 2.24) is 0 Å². The lowest BCUT2D eigenvalue weighted by atomic mass is 9.99. The Kier molecular flexibility index (Phi) is 4.92. The molecule has 0 bridgehead atoms. The molecule has 10 heteroatoms. The van der Waals surface area contributed by atoms with E-state index in [1.54, 1.807) is 0 Å². The summed E-state index contributed by atoms with van der Waals surface area (Å²) in [5.74, 6) is -3.30. The first kappa shape index (κ1) is 17.2. The van der Waals surface area contributed by atoms with Crippen LogP contribution in [0.2, 0.25) is 0 Å². The smallest absolute Gasteiger partial charge is 0.338 e. The third-order valence-electron chi connectivity index (χ3n) is 3.37. The van der Waals surface area contributed by atoms with Gasteiger partial charge in [0, 0.05) is 0 Å². The molecule has 0 aliphatic carbocycles. The van der Waals surface area contributed by atoms with E-state index in [-0.39, 0.29) is 5.56 Å². The van der Waals surface area contributed by atoms with Crippen molar-refractivity contribution >= 4 is 5.97 Å². The molecule has 1 heterocycles. The number of aliphatic hydroxyl groups is 4. The largest absolute Gasteiger partial charge is 0.504 e. The van der Waals surface area contributed by atoms with Crippen LogP contribution in [-0.2, 0) is 9.47 Å². The molecule has 2 rings (SSSR count). The number of aromatic hydroxyl groups is 3. The first-order valence-corrected chi connectivity index (χ1v) is 6.52. The topological polar surface area (TPSA) is 177 Å². The number of hydrogen-bond donors (Lipinski definition) is 7. The number of esters is 1. The molecule has 7 N–H and O–H groups in total. The van der Waals surface area contributed by atoms with E-state index in [9.17, 15) is 40.5 Å². The molecule has 1 aromatic rings. The minimum atomic E-state index is -1.76. The zero-order valence-corrected chi connectivity index (χ0v) is 11.6. The molecule has 0 amide bonds. The minimum Gasteiger partial charge on any atom is -0.504 e. The third kappa shape index (κ3) is 3.46. The van der Waals surface area contributed by atoms with Gasteiger partial charge < -0.3 is 45.2 Å². The van der Waals surface area contributed by atoms with Gasteiger partial charge in [0.15, 0.2) is 23.5 Å². The van der Waals surface area contributed by atoms with Gasteiger partial charge in [0.2, 0.25) is 0 Å². The van der Waals surface area contributed by atoms with Crippen molar-refractivity contribution in [1.29, 1.82) is 0 Å². The number of benzene rings is 1. The summed E-state index contributed by atoms with van der Waals surface area (Å²) in [7, 11) is 0. The number of ether oxygens (including phenoxy) is 2. The fraction of sp³-hybridized carbons (Fsp3) is 0.462. The molecule has 1 aliphatic rings. The zero-order valence-electron chi connectivity index (χ0n) is 11.6. The number of phenols is 3. The monoisotopic (exact) mass is 332 g/mol. The summed E-state index contributed by atoms with van der Waals surface area (Å²) < 4.78 is 9.60. The van der Waals surface area contributed by atoms with Crippen LogP contribution in [0.5, 0.6) is 17.2 Å². The average molecular weight is 332 g/mol. The third-order valence-corrected chi connectivity index (χ3v) is 3.37. The average Bonchev–Trinajstić information content (AvgIpc) is 2.51. The Morgan fingerprint density at radius 2 is 1.57 bits per heavy atom. The predicted octanol–water partition coefficient (Wildman–Crippen LogP) is -2.24. The lowest BCUT2D eigenvalue weighted by Crippen LogP contribution is -2.58. The van der Waals surface area contributed by atoms with Crippen LogP contribution in [0.15, 0.2) is 12.1 Å². The standard InChI is InChI=1S/C13H16O10/c14-5-1-4(2-6(15)8(5)16)12(20)22-3-7-9(17)10(18)11(19)13(21)23-7/h1-2,7,9-11,13-19,21H,3H2/t7?,9-,10?,11-,13+/m1/s1. The number of carbonyl (C=O) groups is 1. The number of phenolic OH excluding ortho intramolecular Hbond substituents is 3. The Labute approximate surface area is 129 Å². The highest BCUT2D eigenvalue weighted by molar-refractivity contribution is 5.91.